The SMILES string of the molecule is N#Cc1ccc(NC(=O)Nc2ccccc2F)c(NS(=O)(=O)c2ccccc2)c1. The molecule has 3 aromatic carbocycles. The molecule has 146 valence electrons. The van der Waals surface area contributed by atoms with Crippen LogP contribution in [0.15, 0.2) is 77.7 Å². The molecule has 0 aromatic heterocycles. The van der Waals surface area contributed by atoms with E-state index < -0.39 is 21.9 Å². The molecule has 9 heteroatoms. The fourth-order valence-electron chi connectivity index (χ4n) is 2.45. The largest absolute Gasteiger partial charge is 0.323 e. The van der Waals surface area contributed by atoms with Crippen LogP contribution in [-0.4, -0.2) is 14.4 Å². The number of carbonyl (C=O) groups is 1. The van der Waals surface area contributed by atoms with Crippen LogP contribution in [0.25, 0.3) is 0 Å². The number of hydrogen-bond acceptors (Lipinski definition) is 4. The molecule has 0 aliphatic heterocycles. The van der Waals surface area contributed by atoms with Gasteiger partial charge in [0, 0.05) is 0 Å². The Morgan fingerprint density at radius 1 is 0.862 bits per heavy atom. The summed E-state index contributed by atoms with van der Waals surface area (Å²) < 4.78 is 41.3. The van der Waals surface area contributed by atoms with Gasteiger partial charge >= 0.3 is 6.03 Å². The van der Waals surface area contributed by atoms with Gasteiger partial charge in [0.2, 0.25) is 0 Å². The number of para-hydroxylation sites is 1. The molecule has 0 radical (unpaired) electrons. The first-order chi connectivity index (χ1) is 13.9. The van der Waals surface area contributed by atoms with Crippen LogP contribution in [-0.2, 0) is 10.0 Å². The van der Waals surface area contributed by atoms with Gasteiger partial charge in [0.1, 0.15) is 5.82 Å². The summed E-state index contributed by atoms with van der Waals surface area (Å²) in [6.07, 6.45) is 0. The first kappa shape index (κ1) is 19.9. The number of hydrogen-bond donors (Lipinski definition) is 3. The Labute approximate surface area is 166 Å². The van der Waals surface area contributed by atoms with Gasteiger partial charge in [0.05, 0.1) is 33.6 Å². The second-order valence-electron chi connectivity index (χ2n) is 5.85. The zero-order chi connectivity index (χ0) is 20.9. The number of sulfonamides is 1. The molecule has 0 fully saturated rings. The van der Waals surface area contributed by atoms with E-state index in [2.05, 4.69) is 15.4 Å². The summed E-state index contributed by atoms with van der Waals surface area (Å²) in [6.45, 7) is 0. The van der Waals surface area contributed by atoms with Gasteiger partial charge in [0.25, 0.3) is 10.0 Å². The maximum atomic E-state index is 13.7. The average molecular weight is 410 g/mol. The highest BCUT2D eigenvalue weighted by atomic mass is 32.2. The van der Waals surface area contributed by atoms with Crippen LogP contribution in [0, 0.1) is 17.1 Å². The molecule has 0 unspecified atom stereocenters. The lowest BCUT2D eigenvalue weighted by atomic mass is 10.2. The summed E-state index contributed by atoms with van der Waals surface area (Å²) in [5, 5.41) is 13.9. The third kappa shape index (κ3) is 4.88. The predicted molar refractivity (Wildman–Crippen MR) is 107 cm³/mol. The minimum atomic E-state index is -3.95. The van der Waals surface area contributed by atoms with Crippen molar-refractivity contribution in [1.29, 1.82) is 5.26 Å². The van der Waals surface area contributed by atoms with Crippen molar-refractivity contribution in [3.8, 4) is 6.07 Å². The maximum Gasteiger partial charge on any atom is 0.323 e. The second-order valence-corrected chi connectivity index (χ2v) is 7.53. The average Bonchev–Trinajstić information content (AvgIpc) is 2.71. The Balaban J connectivity index is 1.87. The van der Waals surface area contributed by atoms with E-state index in [4.69, 9.17) is 5.26 Å². The van der Waals surface area contributed by atoms with Crippen molar-refractivity contribution < 1.29 is 17.6 Å². The highest BCUT2D eigenvalue weighted by Crippen LogP contribution is 2.26. The zero-order valence-corrected chi connectivity index (χ0v) is 15.7. The number of anilines is 3. The zero-order valence-electron chi connectivity index (χ0n) is 14.9. The van der Waals surface area contributed by atoms with Crippen molar-refractivity contribution in [2.24, 2.45) is 0 Å². The molecule has 0 heterocycles. The van der Waals surface area contributed by atoms with Crippen molar-refractivity contribution in [2.45, 2.75) is 4.90 Å². The molecule has 0 saturated carbocycles. The highest BCUT2D eigenvalue weighted by molar-refractivity contribution is 7.92. The molecule has 0 spiro atoms. The van der Waals surface area contributed by atoms with Crippen LogP contribution in [0.3, 0.4) is 0 Å². The number of halogens is 1. The van der Waals surface area contributed by atoms with E-state index in [0.29, 0.717) is 0 Å². The van der Waals surface area contributed by atoms with Gasteiger partial charge in [-0.3, -0.25) is 4.72 Å². The van der Waals surface area contributed by atoms with Crippen LogP contribution in [0.1, 0.15) is 5.56 Å². The van der Waals surface area contributed by atoms with Crippen molar-refractivity contribution in [2.75, 3.05) is 15.4 Å². The van der Waals surface area contributed by atoms with E-state index in [-0.39, 0.29) is 27.5 Å². The van der Waals surface area contributed by atoms with E-state index in [1.165, 1.54) is 48.5 Å². The van der Waals surface area contributed by atoms with Crippen LogP contribution in [0.2, 0.25) is 0 Å². The number of nitriles is 1. The lowest BCUT2D eigenvalue weighted by Gasteiger charge is -2.15. The third-order valence-corrected chi connectivity index (χ3v) is 5.20. The molecule has 0 bridgehead atoms. The molecule has 7 nitrogen and oxygen atoms in total. The minimum Gasteiger partial charge on any atom is -0.306 e. The fraction of sp³-hybridized carbons (Fsp3) is 0. The highest BCUT2D eigenvalue weighted by Gasteiger charge is 2.17. The van der Waals surface area contributed by atoms with E-state index in [1.807, 2.05) is 6.07 Å². The number of urea groups is 1. The second kappa shape index (κ2) is 8.41. The number of nitrogens with one attached hydrogen (secondary N) is 3. The van der Waals surface area contributed by atoms with Gasteiger partial charge in [-0.15, -0.1) is 0 Å². The lowest BCUT2D eigenvalue weighted by Crippen LogP contribution is -2.22. The van der Waals surface area contributed by atoms with Gasteiger partial charge in [0.15, 0.2) is 0 Å². The molecular weight excluding hydrogens is 395 g/mol. The van der Waals surface area contributed by atoms with Crippen molar-refractivity contribution in [3.05, 3.63) is 84.2 Å². The topological polar surface area (TPSA) is 111 Å². The quantitative estimate of drug-likeness (QED) is 0.587. The van der Waals surface area contributed by atoms with E-state index in [9.17, 15) is 17.6 Å². The Hall–Kier alpha value is -3.90. The first-order valence-electron chi connectivity index (χ1n) is 8.33. The van der Waals surface area contributed by atoms with Gasteiger partial charge in [-0.25, -0.2) is 17.6 Å². The summed E-state index contributed by atoms with van der Waals surface area (Å²) in [6, 6.07) is 18.5. The summed E-state index contributed by atoms with van der Waals surface area (Å²) in [7, 11) is -3.95. The fourth-order valence-corrected chi connectivity index (χ4v) is 3.54. The van der Waals surface area contributed by atoms with Gasteiger partial charge in [-0.05, 0) is 42.5 Å². The molecule has 0 saturated heterocycles. The van der Waals surface area contributed by atoms with Crippen molar-refractivity contribution in [1.82, 2.24) is 0 Å². The molecular formula is C20H15FN4O3S. The van der Waals surface area contributed by atoms with E-state index >= 15 is 0 Å². The van der Waals surface area contributed by atoms with Crippen LogP contribution >= 0.6 is 0 Å². The third-order valence-electron chi connectivity index (χ3n) is 3.82. The Morgan fingerprint density at radius 3 is 2.21 bits per heavy atom. The summed E-state index contributed by atoms with van der Waals surface area (Å²) >= 11 is 0. The van der Waals surface area contributed by atoms with Crippen molar-refractivity contribution >= 4 is 33.1 Å². The number of rotatable bonds is 5. The van der Waals surface area contributed by atoms with Gasteiger partial charge in [-0.2, -0.15) is 5.26 Å². The monoisotopic (exact) mass is 410 g/mol. The van der Waals surface area contributed by atoms with Gasteiger partial charge in [-0.1, -0.05) is 30.3 Å². The maximum absolute atomic E-state index is 13.7. The summed E-state index contributed by atoms with van der Waals surface area (Å²) in [4.78, 5) is 12.3. The van der Waals surface area contributed by atoms with E-state index in [1.54, 1.807) is 24.3 Å². The molecule has 29 heavy (non-hydrogen) atoms. The Bertz CT molecular complexity index is 1190. The number of carbonyl (C=O) groups excluding carboxylic acids is 1. The number of benzene rings is 3. The standard InChI is InChI=1S/C20H15FN4O3S/c21-16-8-4-5-9-17(16)23-20(26)24-18-11-10-14(13-22)12-19(18)25-29(27,28)15-6-2-1-3-7-15/h1-12,25H,(H2,23,24,26). The van der Waals surface area contributed by atoms with Gasteiger partial charge < -0.3 is 10.6 Å². The Morgan fingerprint density at radius 2 is 1.52 bits per heavy atom. The number of amides is 2. The summed E-state index contributed by atoms with van der Waals surface area (Å²) in [5.41, 5.74) is 0.245. The molecule has 0 aliphatic carbocycles. The van der Waals surface area contributed by atoms with Crippen LogP contribution in [0.4, 0.5) is 26.2 Å². The number of nitrogens with zero attached hydrogens (tertiary/aromatic N) is 1. The van der Waals surface area contributed by atoms with Crippen LogP contribution in [0.5, 0.6) is 0 Å². The molecule has 3 rings (SSSR count). The van der Waals surface area contributed by atoms with E-state index in [0.717, 1.165) is 0 Å². The molecule has 0 atom stereocenters. The normalized spacial score (nSPS) is 10.6. The minimum absolute atomic E-state index is 0.00316. The first-order valence-corrected chi connectivity index (χ1v) is 9.82. The lowest BCUT2D eigenvalue weighted by molar-refractivity contribution is 0.262. The molecule has 0 aliphatic rings. The predicted octanol–water partition coefficient (Wildman–Crippen LogP) is 4.14. The van der Waals surface area contributed by atoms with Crippen LogP contribution < -0.4 is 15.4 Å². The van der Waals surface area contributed by atoms with Crippen molar-refractivity contribution in [3.63, 3.8) is 0 Å². The summed E-state index contributed by atoms with van der Waals surface area (Å²) in [5.74, 6) is -0.618. The smallest absolute Gasteiger partial charge is 0.306 e. The molecule has 3 N–H and O–H groups in total. The molecule has 3 aromatic rings. The Kier molecular flexibility index (Phi) is 5.76. The molecule has 2 amide bonds.